The summed E-state index contributed by atoms with van der Waals surface area (Å²) in [4.78, 5) is 15.2. The second-order valence-corrected chi connectivity index (χ2v) is 17.2. The van der Waals surface area contributed by atoms with Crippen LogP contribution in [0.25, 0.3) is 127 Å². The number of nitrogens with zero attached hydrogens (tertiary/aromatic N) is 4. The molecule has 0 unspecified atom stereocenters. The van der Waals surface area contributed by atoms with Gasteiger partial charge in [0, 0.05) is 33.2 Å². The summed E-state index contributed by atoms with van der Waals surface area (Å²) in [7, 11) is 0. The molecule has 0 fully saturated rings. The predicted octanol–water partition coefficient (Wildman–Crippen LogP) is 16.4. The minimum absolute atomic E-state index is 0.625. The Hall–Kier alpha value is -8.99. The minimum atomic E-state index is 0.625. The van der Waals surface area contributed by atoms with E-state index in [1.807, 2.05) is 36.4 Å². The van der Waals surface area contributed by atoms with Gasteiger partial charge in [-0.25, -0.2) is 15.0 Å². The van der Waals surface area contributed by atoms with E-state index in [2.05, 4.69) is 211 Å². The van der Waals surface area contributed by atoms with Crippen molar-refractivity contribution in [1.29, 1.82) is 0 Å². The second kappa shape index (κ2) is 15.9. The van der Waals surface area contributed by atoms with E-state index < -0.39 is 0 Å². The summed E-state index contributed by atoms with van der Waals surface area (Å²) in [6, 6.07) is 86.7. The van der Waals surface area contributed by atoms with Gasteiger partial charge in [-0.3, -0.25) is 0 Å². The van der Waals surface area contributed by atoms with Gasteiger partial charge in [0.25, 0.3) is 0 Å². The fraction of sp³-hybridized carbons (Fsp3) is 0. The van der Waals surface area contributed by atoms with Crippen LogP contribution in [0.2, 0.25) is 0 Å². The Morgan fingerprint density at radius 3 is 1.18 bits per heavy atom. The van der Waals surface area contributed by atoms with Crippen LogP contribution in [0, 0.1) is 0 Å². The highest BCUT2D eigenvalue weighted by atomic mass is 15.0. The molecule has 0 N–H and O–H groups in total. The number of fused-ring (bicyclic) bond motifs is 9. The van der Waals surface area contributed by atoms with E-state index in [-0.39, 0.29) is 0 Å². The van der Waals surface area contributed by atoms with Gasteiger partial charge in [-0.1, -0.05) is 212 Å². The van der Waals surface area contributed by atoms with E-state index in [1.165, 1.54) is 65.3 Å². The third-order valence-electron chi connectivity index (χ3n) is 13.2. The summed E-state index contributed by atoms with van der Waals surface area (Å²) >= 11 is 0. The molecule has 2 aromatic heterocycles. The van der Waals surface area contributed by atoms with Gasteiger partial charge >= 0.3 is 0 Å². The molecule has 0 atom stereocenters. The van der Waals surface area contributed by atoms with Crippen LogP contribution in [0.5, 0.6) is 0 Å². The van der Waals surface area contributed by atoms with Crippen LogP contribution >= 0.6 is 0 Å². The van der Waals surface area contributed by atoms with Gasteiger partial charge < -0.3 is 4.57 Å². The van der Waals surface area contributed by atoms with E-state index in [1.54, 1.807) is 0 Å². The highest BCUT2D eigenvalue weighted by molar-refractivity contribution is 6.26. The van der Waals surface area contributed by atoms with Crippen LogP contribution in [-0.4, -0.2) is 19.5 Å². The first-order chi connectivity index (χ1) is 33.2. The van der Waals surface area contributed by atoms with E-state index in [4.69, 9.17) is 15.0 Å². The third-order valence-corrected chi connectivity index (χ3v) is 13.2. The molecule has 312 valence electrons. The molecular formula is C63H40N4. The van der Waals surface area contributed by atoms with Crippen LogP contribution in [-0.2, 0) is 0 Å². The lowest BCUT2D eigenvalue weighted by Crippen LogP contribution is -2.00. The van der Waals surface area contributed by atoms with Gasteiger partial charge in [0.05, 0.1) is 11.0 Å². The molecule has 0 spiro atoms. The molecule has 11 aromatic carbocycles. The van der Waals surface area contributed by atoms with Crippen molar-refractivity contribution in [2.75, 3.05) is 0 Å². The smallest absolute Gasteiger partial charge is 0.164 e. The van der Waals surface area contributed by atoms with Crippen molar-refractivity contribution in [3.8, 4) is 73.2 Å². The predicted molar refractivity (Wildman–Crippen MR) is 279 cm³/mol. The van der Waals surface area contributed by atoms with E-state index >= 15 is 0 Å². The zero-order valence-corrected chi connectivity index (χ0v) is 36.4. The number of hydrogen-bond donors (Lipinski definition) is 0. The van der Waals surface area contributed by atoms with Gasteiger partial charge in [0.15, 0.2) is 17.5 Å². The molecule has 67 heavy (non-hydrogen) atoms. The zero-order valence-electron chi connectivity index (χ0n) is 36.4. The highest BCUT2D eigenvalue weighted by Crippen LogP contribution is 2.43. The molecule has 2 heterocycles. The van der Waals surface area contributed by atoms with Gasteiger partial charge in [-0.05, 0) is 96.0 Å². The second-order valence-electron chi connectivity index (χ2n) is 17.2. The largest absolute Gasteiger partial charge is 0.309 e. The lowest BCUT2D eigenvalue weighted by molar-refractivity contribution is 1.07. The summed E-state index contributed by atoms with van der Waals surface area (Å²) in [5.74, 6) is 1.89. The molecule has 0 saturated heterocycles. The monoisotopic (exact) mass is 852 g/mol. The summed E-state index contributed by atoms with van der Waals surface area (Å²) in [5.41, 5.74) is 13.1. The quantitative estimate of drug-likeness (QED) is 0.150. The molecule has 0 aliphatic carbocycles. The summed E-state index contributed by atoms with van der Waals surface area (Å²) in [5, 5.41) is 10.0. The number of aromatic nitrogens is 4. The molecule has 0 radical (unpaired) electrons. The van der Waals surface area contributed by atoms with Crippen molar-refractivity contribution in [2.45, 2.75) is 0 Å². The summed E-state index contributed by atoms with van der Waals surface area (Å²) < 4.78 is 2.46. The Balaban J connectivity index is 0.970. The highest BCUT2D eigenvalue weighted by Gasteiger charge is 2.20. The average Bonchev–Trinajstić information content (AvgIpc) is 3.75. The Kier molecular flexibility index (Phi) is 9.14. The Morgan fingerprint density at radius 2 is 0.627 bits per heavy atom. The lowest BCUT2D eigenvalue weighted by atomic mass is 9.93. The van der Waals surface area contributed by atoms with E-state index in [0.29, 0.717) is 17.5 Å². The van der Waals surface area contributed by atoms with Crippen LogP contribution in [0.1, 0.15) is 0 Å². The fourth-order valence-corrected chi connectivity index (χ4v) is 10.0. The van der Waals surface area contributed by atoms with Gasteiger partial charge in [-0.15, -0.1) is 0 Å². The van der Waals surface area contributed by atoms with Crippen LogP contribution < -0.4 is 0 Å². The van der Waals surface area contributed by atoms with Crippen LogP contribution in [0.4, 0.5) is 0 Å². The topological polar surface area (TPSA) is 43.6 Å². The standard InChI is InChI=1S/C63H40N4/c1-4-16-41(17-5-1)42-28-32-46(33-29-42)62-64-61(45-20-8-3-9-21-45)65-63(66-62)47-34-30-43(31-35-47)48-38-56(44-18-6-2-7-19-44)60-55-26-14-15-27-58(55)67(59(60)39-48)49-36-37-54-52-24-11-10-22-50(52)51-23-12-13-25-53(51)57(54)40-49/h1-40H. The van der Waals surface area contributed by atoms with Crippen LogP contribution in [0.15, 0.2) is 243 Å². The minimum Gasteiger partial charge on any atom is -0.309 e. The first-order valence-electron chi connectivity index (χ1n) is 22.8. The third kappa shape index (κ3) is 6.65. The van der Waals surface area contributed by atoms with Crippen molar-refractivity contribution in [2.24, 2.45) is 0 Å². The first-order valence-corrected chi connectivity index (χ1v) is 22.8. The molecule has 4 heteroatoms. The maximum atomic E-state index is 5.10. The maximum Gasteiger partial charge on any atom is 0.164 e. The lowest BCUT2D eigenvalue weighted by Gasteiger charge is -2.15. The molecule has 4 nitrogen and oxygen atoms in total. The van der Waals surface area contributed by atoms with Crippen molar-refractivity contribution in [3.63, 3.8) is 0 Å². The first kappa shape index (κ1) is 38.5. The number of rotatable bonds is 7. The van der Waals surface area contributed by atoms with Crippen molar-refractivity contribution >= 4 is 54.1 Å². The molecule has 0 amide bonds. The summed E-state index contributed by atoms with van der Waals surface area (Å²) in [6.45, 7) is 0. The van der Waals surface area contributed by atoms with Crippen molar-refractivity contribution < 1.29 is 0 Å². The molecular weight excluding hydrogens is 813 g/mol. The maximum absolute atomic E-state index is 5.10. The number of para-hydroxylation sites is 1. The van der Waals surface area contributed by atoms with Crippen molar-refractivity contribution in [3.05, 3.63) is 243 Å². The van der Waals surface area contributed by atoms with E-state index in [0.717, 1.165) is 44.6 Å². The molecule has 13 rings (SSSR count). The normalized spacial score (nSPS) is 11.6. The molecule has 0 aliphatic rings. The van der Waals surface area contributed by atoms with Crippen molar-refractivity contribution in [1.82, 2.24) is 19.5 Å². The molecule has 13 aromatic rings. The number of hydrogen-bond acceptors (Lipinski definition) is 3. The SMILES string of the molecule is c1ccc(-c2ccc(-c3nc(-c4ccccc4)nc(-c4ccc(-c5cc(-c6ccccc6)c6c7ccccc7n(-c7ccc8c9ccccc9c9ccccc9c8c7)c6c5)cc4)n3)cc2)cc1. The van der Waals surface area contributed by atoms with Gasteiger partial charge in [0.2, 0.25) is 0 Å². The Morgan fingerprint density at radius 1 is 0.239 bits per heavy atom. The van der Waals surface area contributed by atoms with Crippen LogP contribution in [0.3, 0.4) is 0 Å². The Labute approximate surface area is 387 Å². The van der Waals surface area contributed by atoms with Gasteiger partial charge in [-0.2, -0.15) is 0 Å². The Bertz CT molecular complexity index is 3960. The molecule has 0 bridgehead atoms. The average molecular weight is 853 g/mol. The fourth-order valence-electron chi connectivity index (χ4n) is 10.0. The molecule has 0 saturated carbocycles. The van der Waals surface area contributed by atoms with E-state index in [9.17, 15) is 0 Å². The number of benzene rings is 11. The van der Waals surface area contributed by atoms with Gasteiger partial charge in [0.1, 0.15) is 0 Å². The zero-order chi connectivity index (χ0) is 44.3. The summed E-state index contributed by atoms with van der Waals surface area (Å²) in [6.07, 6.45) is 0. The molecule has 0 aliphatic heterocycles.